The molecular formula is C20H19N3O2. The summed E-state index contributed by atoms with van der Waals surface area (Å²) in [5.74, 6) is 0.158. The topological polar surface area (TPSA) is 78.1 Å². The maximum Gasteiger partial charge on any atom is 0.249 e. The number of hydrogen-bond acceptors (Lipinski definition) is 4. The van der Waals surface area contributed by atoms with E-state index in [0.717, 1.165) is 23.2 Å². The van der Waals surface area contributed by atoms with Gasteiger partial charge in [-0.2, -0.15) is 0 Å². The quantitative estimate of drug-likeness (QED) is 0.721. The van der Waals surface area contributed by atoms with E-state index in [1.54, 1.807) is 18.5 Å². The average Bonchev–Trinajstić information content (AvgIpc) is 2.64. The third kappa shape index (κ3) is 4.64. The average molecular weight is 333 g/mol. The maximum absolute atomic E-state index is 11.8. The minimum Gasteiger partial charge on any atom is -0.493 e. The zero-order valence-electron chi connectivity index (χ0n) is 13.8. The summed E-state index contributed by atoms with van der Waals surface area (Å²) in [6.45, 7) is 0.503. The lowest BCUT2D eigenvalue weighted by atomic mass is 10.0. The highest BCUT2D eigenvalue weighted by Crippen LogP contribution is 2.20. The van der Waals surface area contributed by atoms with E-state index >= 15 is 0 Å². The van der Waals surface area contributed by atoms with E-state index in [1.165, 1.54) is 0 Å². The van der Waals surface area contributed by atoms with Crippen LogP contribution in [0, 0.1) is 0 Å². The van der Waals surface area contributed by atoms with Crippen LogP contribution in [0.5, 0.6) is 5.75 Å². The molecule has 2 N–H and O–H groups in total. The molecule has 1 amide bonds. The first-order valence-corrected chi connectivity index (χ1v) is 8.07. The third-order valence-electron chi connectivity index (χ3n) is 3.83. The fraction of sp³-hybridized carbons (Fsp3) is 0.150. The summed E-state index contributed by atoms with van der Waals surface area (Å²) in [6, 6.07) is 15.0. The van der Waals surface area contributed by atoms with Crippen LogP contribution in [0.2, 0.25) is 0 Å². The minimum atomic E-state index is -0.469. The summed E-state index contributed by atoms with van der Waals surface area (Å²) in [5.41, 5.74) is 8.82. The molecule has 0 bridgehead atoms. The summed E-state index contributed by atoms with van der Waals surface area (Å²) in [5, 5.41) is 0. The number of hydrogen-bond donors (Lipinski definition) is 1. The molecule has 0 saturated carbocycles. The van der Waals surface area contributed by atoms with Gasteiger partial charge < -0.3 is 10.5 Å². The van der Waals surface area contributed by atoms with Crippen LogP contribution in [0.15, 0.2) is 67.1 Å². The predicted octanol–water partition coefficient (Wildman–Crippen LogP) is 2.79. The standard InChI is InChI=1S/C20H19N3O2/c21-20(24)19-13-18(25-11-8-15-4-3-9-22-14-15)7-6-16(19)12-17-5-1-2-10-23-17/h1-7,9-10,13-14H,8,11-12H2,(H2,21,24). The lowest BCUT2D eigenvalue weighted by Crippen LogP contribution is -2.14. The second kappa shape index (κ2) is 8.06. The van der Waals surface area contributed by atoms with Gasteiger partial charge in [0, 0.05) is 42.7 Å². The summed E-state index contributed by atoms with van der Waals surface area (Å²) in [7, 11) is 0. The lowest BCUT2D eigenvalue weighted by Gasteiger charge is -2.11. The van der Waals surface area contributed by atoms with Gasteiger partial charge in [-0.3, -0.25) is 14.8 Å². The van der Waals surface area contributed by atoms with E-state index in [0.29, 0.717) is 24.3 Å². The Morgan fingerprint density at radius 1 is 1.08 bits per heavy atom. The SMILES string of the molecule is NC(=O)c1cc(OCCc2cccnc2)ccc1Cc1ccccn1. The van der Waals surface area contributed by atoms with Gasteiger partial charge >= 0.3 is 0 Å². The van der Waals surface area contributed by atoms with E-state index in [9.17, 15) is 4.79 Å². The van der Waals surface area contributed by atoms with Crippen molar-refractivity contribution in [3.8, 4) is 5.75 Å². The van der Waals surface area contributed by atoms with Crippen LogP contribution < -0.4 is 10.5 Å². The van der Waals surface area contributed by atoms with Gasteiger partial charge in [-0.05, 0) is 41.5 Å². The number of carbonyl (C=O) groups excluding carboxylic acids is 1. The Hall–Kier alpha value is -3.21. The Bertz CT molecular complexity index is 836. The zero-order valence-corrected chi connectivity index (χ0v) is 13.8. The number of rotatable bonds is 7. The molecule has 25 heavy (non-hydrogen) atoms. The number of ether oxygens (including phenoxy) is 1. The number of pyridine rings is 2. The molecule has 1 aromatic carbocycles. The van der Waals surface area contributed by atoms with E-state index in [-0.39, 0.29) is 0 Å². The van der Waals surface area contributed by atoms with Gasteiger partial charge in [0.2, 0.25) is 5.91 Å². The second-order valence-electron chi connectivity index (χ2n) is 5.64. The molecule has 0 saturated heterocycles. The maximum atomic E-state index is 11.8. The van der Waals surface area contributed by atoms with Gasteiger partial charge in [0.1, 0.15) is 5.75 Å². The molecule has 2 heterocycles. The molecule has 5 nitrogen and oxygen atoms in total. The summed E-state index contributed by atoms with van der Waals surface area (Å²) < 4.78 is 5.75. The molecule has 5 heteroatoms. The van der Waals surface area contributed by atoms with Gasteiger partial charge in [0.25, 0.3) is 0 Å². The number of benzene rings is 1. The van der Waals surface area contributed by atoms with Crippen LogP contribution in [-0.2, 0) is 12.8 Å². The van der Waals surface area contributed by atoms with Gasteiger partial charge in [0.05, 0.1) is 6.61 Å². The first-order chi connectivity index (χ1) is 12.2. The van der Waals surface area contributed by atoms with Crippen LogP contribution >= 0.6 is 0 Å². The number of carbonyl (C=O) groups is 1. The summed E-state index contributed by atoms with van der Waals surface area (Å²) >= 11 is 0. The summed E-state index contributed by atoms with van der Waals surface area (Å²) in [4.78, 5) is 20.2. The molecule has 0 spiro atoms. The molecule has 0 unspecified atom stereocenters. The fourth-order valence-corrected chi connectivity index (χ4v) is 2.56. The van der Waals surface area contributed by atoms with Crippen molar-refractivity contribution < 1.29 is 9.53 Å². The first kappa shape index (κ1) is 16.6. The van der Waals surface area contributed by atoms with Crippen molar-refractivity contribution in [2.45, 2.75) is 12.8 Å². The van der Waals surface area contributed by atoms with Crippen molar-refractivity contribution in [2.24, 2.45) is 5.73 Å². The minimum absolute atomic E-state index is 0.463. The predicted molar refractivity (Wildman–Crippen MR) is 95.4 cm³/mol. The van der Waals surface area contributed by atoms with Crippen molar-refractivity contribution in [3.05, 3.63) is 89.5 Å². The molecule has 0 atom stereocenters. The Morgan fingerprint density at radius 2 is 2.00 bits per heavy atom. The number of primary amides is 1. The van der Waals surface area contributed by atoms with Crippen LogP contribution in [0.1, 0.15) is 27.2 Å². The fourth-order valence-electron chi connectivity index (χ4n) is 2.56. The van der Waals surface area contributed by atoms with Crippen LogP contribution in [-0.4, -0.2) is 22.5 Å². The molecule has 0 aliphatic heterocycles. The highest BCUT2D eigenvalue weighted by molar-refractivity contribution is 5.94. The summed E-state index contributed by atoms with van der Waals surface area (Å²) in [6.07, 6.45) is 6.58. The third-order valence-corrected chi connectivity index (χ3v) is 3.83. The van der Waals surface area contributed by atoms with Crippen molar-refractivity contribution in [1.29, 1.82) is 0 Å². The smallest absolute Gasteiger partial charge is 0.249 e. The number of amides is 1. The van der Waals surface area contributed by atoms with E-state index < -0.39 is 5.91 Å². The molecule has 3 rings (SSSR count). The number of aromatic nitrogens is 2. The Kier molecular flexibility index (Phi) is 5.36. The molecule has 126 valence electrons. The van der Waals surface area contributed by atoms with Gasteiger partial charge in [-0.1, -0.05) is 18.2 Å². The van der Waals surface area contributed by atoms with Crippen molar-refractivity contribution in [3.63, 3.8) is 0 Å². The number of nitrogens with zero attached hydrogens (tertiary/aromatic N) is 2. The molecule has 2 aromatic heterocycles. The molecule has 3 aromatic rings. The molecule has 0 aliphatic rings. The first-order valence-electron chi connectivity index (χ1n) is 8.07. The monoisotopic (exact) mass is 333 g/mol. The second-order valence-corrected chi connectivity index (χ2v) is 5.64. The molecule has 0 radical (unpaired) electrons. The normalized spacial score (nSPS) is 10.4. The number of nitrogens with two attached hydrogens (primary N) is 1. The van der Waals surface area contributed by atoms with Crippen molar-refractivity contribution in [1.82, 2.24) is 9.97 Å². The highest BCUT2D eigenvalue weighted by atomic mass is 16.5. The van der Waals surface area contributed by atoms with Crippen LogP contribution in [0.25, 0.3) is 0 Å². The van der Waals surface area contributed by atoms with Gasteiger partial charge in [-0.15, -0.1) is 0 Å². The van der Waals surface area contributed by atoms with E-state index in [4.69, 9.17) is 10.5 Å². The Morgan fingerprint density at radius 3 is 2.72 bits per heavy atom. The highest BCUT2D eigenvalue weighted by Gasteiger charge is 2.11. The molecule has 0 aliphatic carbocycles. The Labute approximate surface area is 146 Å². The van der Waals surface area contributed by atoms with Crippen LogP contribution in [0.3, 0.4) is 0 Å². The lowest BCUT2D eigenvalue weighted by molar-refractivity contribution is 0.0999. The van der Waals surface area contributed by atoms with E-state index in [1.807, 2.05) is 48.7 Å². The molecule has 0 fully saturated rings. The van der Waals surface area contributed by atoms with E-state index in [2.05, 4.69) is 9.97 Å². The van der Waals surface area contributed by atoms with Gasteiger partial charge in [-0.25, -0.2) is 0 Å². The van der Waals surface area contributed by atoms with Crippen LogP contribution in [0.4, 0.5) is 0 Å². The molecular weight excluding hydrogens is 314 g/mol. The largest absolute Gasteiger partial charge is 0.493 e. The van der Waals surface area contributed by atoms with Gasteiger partial charge in [0.15, 0.2) is 0 Å². The zero-order chi connectivity index (χ0) is 17.5. The van der Waals surface area contributed by atoms with Crippen molar-refractivity contribution in [2.75, 3.05) is 6.61 Å². The Balaban J connectivity index is 1.69. The van der Waals surface area contributed by atoms with Crippen molar-refractivity contribution >= 4 is 5.91 Å².